The first kappa shape index (κ1) is 20.2. The van der Waals surface area contributed by atoms with Crippen LogP contribution in [0.2, 0.25) is 0 Å². The quantitative estimate of drug-likeness (QED) is 0.474. The van der Waals surface area contributed by atoms with Crippen LogP contribution in [-0.2, 0) is 9.47 Å². The van der Waals surface area contributed by atoms with Gasteiger partial charge in [0.15, 0.2) is 5.78 Å². The fourth-order valence-electron chi connectivity index (χ4n) is 2.95. The summed E-state index contributed by atoms with van der Waals surface area (Å²) in [6.45, 7) is 4.09. The molecule has 28 heavy (non-hydrogen) atoms. The van der Waals surface area contributed by atoms with Crippen LogP contribution in [-0.4, -0.2) is 45.4 Å². The number of methoxy groups -OCH3 is 1. The number of Topliss-reactive ketones (excluding diaryl/α,β-unsaturated/α-hetero) is 1. The number of carbonyl (C=O) groups is 1. The molecule has 1 heterocycles. The van der Waals surface area contributed by atoms with Gasteiger partial charge in [0.1, 0.15) is 29.6 Å². The lowest BCUT2D eigenvalue weighted by atomic mass is 10.1. The molecule has 0 saturated carbocycles. The molecule has 1 aliphatic heterocycles. The van der Waals surface area contributed by atoms with E-state index in [0.29, 0.717) is 36.0 Å². The van der Waals surface area contributed by atoms with Gasteiger partial charge in [-0.3, -0.25) is 4.79 Å². The van der Waals surface area contributed by atoms with Crippen molar-refractivity contribution in [3.05, 3.63) is 48.0 Å². The Morgan fingerprint density at radius 1 is 1.00 bits per heavy atom. The van der Waals surface area contributed by atoms with Gasteiger partial charge in [0.05, 0.1) is 25.4 Å². The van der Waals surface area contributed by atoms with Crippen LogP contribution in [0.25, 0.3) is 0 Å². The highest BCUT2D eigenvalue weighted by molar-refractivity contribution is 5.97. The SMILES string of the molecule is COc1ccc(C(C)=O)c(Oc2ccc(OCCOC3CCOCC3)cc2)c1. The summed E-state index contributed by atoms with van der Waals surface area (Å²) < 4.78 is 27.9. The summed E-state index contributed by atoms with van der Waals surface area (Å²) in [6, 6.07) is 12.4. The van der Waals surface area contributed by atoms with E-state index in [0.717, 1.165) is 31.8 Å². The van der Waals surface area contributed by atoms with Crippen molar-refractivity contribution in [3.63, 3.8) is 0 Å². The van der Waals surface area contributed by atoms with Crippen LogP contribution in [0.15, 0.2) is 42.5 Å². The summed E-state index contributed by atoms with van der Waals surface area (Å²) in [6.07, 6.45) is 2.16. The Morgan fingerprint density at radius 2 is 1.68 bits per heavy atom. The van der Waals surface area contributed by atoms with Crippen LogP contribution in [0, 0.1) is 0 Å². The molecule has 1 fully saturated rings. The van der Waals surface area contributed by atoms with Crippen molar-refractivity contribution in [2.24, 2.45) is 0 Å². The van der Waals surface area contributed by atoms with E-state index in [1.54, 1.807) is 37.4 Å². The van der Waals surface area contributed by atoms with Gasteiger partial charge in [-0.1, -0.05) is 0 Å². The minimum Gasteiger partial charge on any atom is -0.497 e. The molecule has 2 aromatic carbocycles. The van der Waals surface area contributed by atoms with E-state index in [2.05, 4.69) is 0 Å². The highest BCUT2D eigenvalue weighted by atomic mass is 16.5. The van der Waals surface area contributed by atoms with Crippen molar-refractivity contribution in [1.82, 2.24) is 0 Å². The smallest absolute Gasteiger partial charge is 0.163 e. The first-order valence-corrected chi connectivity index (χ1v) is 9.45. The zero-order chi connectivity index (χ0) is 19.8. The van der Waals surface area contributed by atoms with Crippen molar-refractivity contribution in [2.45, 2.75) is 25.9 Å². The van der Waals surface area contributed by atoms with Gasteiger partial charge in [-0.25, -0.2) is 0 Å². The minimum atomic E-state index is -0.0675. The van der Waals surface area contributed by atoms with Gasteiger partial charge in [0.25, 0.3) is 0 Å². The second-order valence-corrected chi connectivity index (χ2v) is 6.52. The Labute approximate surface area is 165 Å². The van der Waals surface area contributed by atoms with Gasteiger partial charge in [0, 0.05) is 19.3 Å². The number of ether oxygens (including phenoxy) is 5. The third-order valence-electron chi connectivity index (χ3n) is 4.49. The largest absolute Gasteiger partial charge is 0.497 e. The number of benzene rings is 2. The molecule has 0 unspecified atom stereocenters. The molecule has 1 aliphatic rings. The van der Waals surface area contributed by atoms with Crippen LogP contribution in [0.1, 0.15) is 30.1 Å². The van der Waals surface area contributed by atoms with E-state index < -0.39 is 0 Å². The topological polar surface area (TPSA) is 63.2 Å². The average molecular weight is 386 g/mol. The Kier molecular flexibility index (Phi) is 7.28. The normalized spacial score (nSPS) is 14.5. The van der Waals surface area contributed by atoms with Crippen LogP contribution in [0.5, 0.6) is 23.0 Å². The van der Waals surface area contributed by atoms with Gasteiger partial charge in [-0.15, -0.1) is 0 Å². The van der Waals surface area contributed by atoms with Crippen molar-refractivity contribution in [3.8, 4) is 23.0 Å². The lowest BCUT2D eigenvalue weighted by Gasteiger charge is -2.22. The predicted molar refractivity (Wildman–Crippen MR) is 105 cm³/mol. The summed E-state index contributed by atoms with van der Waals surface area (Å²) in [7, 11) is 1.57. The van der Waals surface area contributed by atoms with E-state index in [1.807, 2.05) is 12.1 Å². The third-order valence-corrected chi connectivity index (χ3v) is 4.49. The molecule has 0 atom stereocenters. The van der Waals surface area contributed by atoms with Gasteiger partial charge >= 0.3 is 0 Å². The Balaban J connectivity index is 1.52. The maximum Gasteiger partial charge on any atom is 0.163 e. The fourth-order valence-corrected chi connectivity index (χ4v) is 2.95. The van der Waals surface area contributed by atoms with Crippen molar-refractivity contribution >= 4 is 5.78 Å². The molecule has 2 aromatic rings. The van der Waals surface area contributed by atoms with Crippen LogP contribution in [0.3, 0.4) is 0 Å². The average Bonchev–Trinajstić information content (AvgIpc) is 2.73. The Hall–Kier alpha value is -2.57. The second-order valence-electron chi connectivity index (χ2n) is 6.52. The van der Waals surface area contributed by atoms with Crippen molar-refractivity contribution in [2.75, 3.05) is 33.5 Å². The molecule has 0 aromatic heterocycles. The number of ketones is 1. The van der Waals surface area contributed by atoms with E-state index in [4.69, 9.17) is 23.7 Å². The van der Waals surface area contributed by atoms with Gasteiger partial charge in [-0.05, 0) is 56.2 Å². The lowest BCUT2D eigenvalue weighted by molar-refractivity contribution is -0.0388. The fraction of sp³-hybridized carbons (Fsp3) is 0.409. The molecule has 1 saturated heterocycles. The summed E-state index contributed by atoms with van der Waals surface area (Å²) in [5, 5.41) is 0. The first-order valence-electron chi connectivity index (χ1n) is 9.45. The van der Waals surface area contributed by atoms with Gasteiger partial charge in [0.2, 0.25) is 0 Å². The monoisotopic (exact) mass is 386 g/mol. The molecule has 0 N–H and O–H groups in total. The van der Waals surface area contributed by atoms with Crippen molar-refractivity contribution < 1.29 is 28.5 Å². The van der Waals surface area contributed by atoms with Crippen LogP contribution >= 0.6 is 0 Å². The van der Waals surface area contributed by atoms with Gasteiger partial charge < -0.3 is 23.7 Å². The van der Waals surface area contributed by atoms with E-state index in [9.17, 15) is 4.79 Å². The molecule has 6 heteroatoms. The van der Waals surface area contributed by atoms with Crippen LogP contribution < -0.4 is 14.2 Å². The van der Waals surface area contributed by atoms with Gasteiger partial charge in [-0.2, -0.15) is 0 Å². The summed E-state index contributed by atoms with van der Waals surface area (Å²) in [4.78, 5) is 11.8. The molecular weight excluding hydrogens is 360 g/mol. The van der Waals surface area contributed by atoms with Crippen molar-refractivity contribution in [1.29, 1.82) is 0 Å². The molecule has 0 radical (unpaired) electrons. The molecule has 3 rings (SSSR count). The Morgan fingerprint density at radius 3 is 2.36 bits per heavy atom. The molecule has 0 amide bonds. The number of carbonyl (C=O) groups excluding carboxylic acids is 1. The molecule has 6 nitrogen and oxygen atoms in total. The molecule has 0 spiro atoms. The van der Waals surface area contributed by atoms with Crippen LogP contribution in [0.4, 0.5) is 0 Å². The number of hydrogen-bond acceptors (Lipinski definition) is 6. The number of hydrogen-bond donors (Lipinski definition) is 0. The first-order chi connectivity index (χ1) is 13.7. The molecular formula is C22H26O6. The maximum atomic E-state index is 11.8. The Bertz CT molecular complexity index is 765. The van der Waals surface area contributed by atoms with E-state index in [-0.39, 0.29) is 11.9 Å². The molecule has 150 valence electrons. The van der Waals surface area contributed by atoms with E-state index >= 15 is 0 Å². The zero-order valence-electron chi connectivity index (χ0n) is 16.3. The molecule has 0 bridgehead atoms. The standard InChI is InChI=1S/C22H26O6/c1-16(23)21-8-7-20(24-2)15-22(21)28-19-5-3-17(4-6-19)26-13-14-27-18-9-11-25-12-10-18/h3-8,15,18H,9-14H2,1-2H3. The highest BCUT2D eigenvalue weighted by Crippen LogP contribution is 2.30. The minimum absolute atomic E-state index is 0.0675. The van der Waals surface area contributed by atoms with E-state index in [1.165, 1.54) is 6.92 Å². The summed E-state index contributed by atoms with van der Waals surface area (Å²) in [5.41, 5.74) is 0.506. The highest BCUT2D eigenvalue weighted by Gasteiger charge is 2.14. The summed E-state index contributed by atoms with van der Waals surface area (Å²) >= 11 is 0. The predicted octanol–water partition coefficient (Wildman–Crippen LogP) is 4.26. The second kappa shape index (κ2) is 10.1. The molecule has 0 aliphatic carbocycles. The lowest BCUT2D eigenvalue weighted by Crippen LogP contribution is -2.25. The number of rotatable bonds is 9. The third kappa shape index (κ3) is 5.71. The summed E-state index contributed by atoms with van der Waals surface area (Å²) in [5.74, 6) is 2.37. The zero-order valence-corrected chi connectivity index (χ0v) is 16.3. The maximum absolute atomic E-state index is 11.8.